The first kappa shape index (κ1) is 17.6. The molecule has 0 amide bonds. The molecule has 3 nitrogen and oxygen atoms in total. The lowest BCUT2D eigenvalue weighted by atomic mass is 10.1. The lowest BCUT2D eigenvalue weighted by Gasteiger charge is -2.09. The molecule has 0 N–H and O–H groups in total. The van der Waals surface area contributed by atoms with E-state index in [0.717, 1.165) is 6.42 Å². The standard InChI is InChI=1S/C20H26O3/c1-6-16(9-7-8-15-10-11-22-13-15)23-19(21)18-17(12-14(2)3)20(18,4)5/h1,7,9-10,12,16-18H,8,11,13H2,2-5H3. The molecule has 1 saturated carbocycles. The minimum atomic E-state index is -0.603. The summed E-state index contributed by atoms with van der Waals surface area (Å²) >= 11 is 0. The molecule has 23 heavy (non-hydrogen) atoms. The lowest BCUT2D eigenvalue weighted by Crippen LogP contribution is -2.18. The predicted octanol–water partition coefficient (Wildman–Crippen LogP) is 3.67. The number of allylic oxidation sites excluding steroid dienone is 3. The fraction of sp³-hybridized carbons (Fsp3) is 0.550. The normalized spacial score (nSPS) is 26.3. The second-order valence-corrected chi connectivity index (χ2v) is 7.10. The van der Waals surface area contributed by atoms with Crippen LogP contribution >= 0.6 is 0 Å². The summed E-state index contributed by atoms with van der Waals surface area (Å²) in [4.78, 5) is 12.4. The number of terminal acetylenes is 1. The molecule has 2 aliphatic rings. The molecule has 1 heterocycles. The van der Waals surface area contributed by atoms with Crippen molar-refractivity contribution in [2.75, 3.05) is 13.2 Å². The van der Waals surface area contributed by atoms with Gasteiger partial charge in [-0.3, -0.25) is 4.79 Å². The Bertz CT molecular complexity index is 582. The van der Waals surface area contributed by atoms with Crippen molar-refractivity contribution in [1.82, 2.24) is 0 Å². The van der Waals surface area contributed by atoms with Crippen molar-refractivity contribution in [3.8, 4) is 12.3 Å². The highest BCUT2D eigenvalue weighted by Crippen LogP contribution is 2.59. The Morgan fingerprint density at radius 1 is 1.57 bits per heavy atom. The average molecular weight is 314 g/mol. The molecule has 2 rings (SSSR count). The van der Waals surface area contributed by atoms with Gasteiger partial charge in [0.25, 0.3) is 0 Å². The highest BCUT2D eigenvalue weighted by molar-refractivity contribution is 5.78. The first-order chi connectivity index (χ1) is 10.9. The maximum Gasteiger partial charge on any atom is 0.311 e. The maximum atomic E-state index is 12.4. The van der Waals surface area contributed by atoms with Crippen molar-refractivity contribution in [2.24, 2.45) is 17.3 Å². The quantitative estimate of drug-likeness (QED) is 0.426. The van der Waals surface area contributed by atoms with E-state index >= 15 is 0 Å². The monoisotopic (exact) mass is 314 g/mol. The van der Waals surface area contributed by atoms with Gasteiger partial charge in [-0.05, 0) is 43.3 Å². The average Bonchev–Trinajstić information content (AvgIpc) is 2.84. The second-order valence-electron chi connectivity index (χ2n) is 7.10. The summed E-state index contributed by atoms with van der Waals surface area (Å²) < 4.78 is 10.7. The fourth-order valence-corrected chi connectivity index (χ4v) is 3.04. The third-order valence-electron chi connectivity index (χ3n) is 4.55. The molecule has 3 heteroatoms. The Morgan fingerprint density at radius 3 is 2.87 bits per heavy atom. The maximum absolute atomic E-state index is 12.4. The first-order valence-corrected chi connectivity index (χ1v) is 8.10. The number of esters is 1. The van der Waals surface area contributed by atoms with E-state index in [4.69, 9.17) is 15.9 Å². The number of hydrogen-bond acceptors (Lipinski definition) is 3. The van der Waals surface area contributed by atoms with Crippen LogP contribution in [0, 0.1) is 29.6 Å². The molecule has 1 aliphatic carbocycles. The molecule has 124 valence electrons. The van der Waals surface area contributed by atoms with Crippen LogP contribution in [0.3, 0.4) is 0 Å². The molecule has 0 radical (unpaired) electrons. The lowest BCUT2D eigenvalue weighted by molar-refractivity contribution is -0.147. The van der Waals surface area contributed by atoms with Gasteiger partial charge in [0.1, 0.15) is 0 Å². The van der Waals surface area contributed by atoms with Gasteiger partial charge in [0.15, 0.2) is 6.10 Å². The van der Waals surface area contributed by atoms with Gasteiger partial charge >= 0.3 is 5.97 Å². The van der Waals surface area contributed by atoms with E-state index in [9.17, 15) is 4.79 Å². The van der Waals surface area contributed by atoms with Crippen LogP contribution in [0.4, 0.5) is 0 Å². The van der Waals surface area contributed by atoms with Gasteiger partial charge in [-0.1, -0.05) is 43.6 Å². The van der Waals surface area contributed by atoms with E-state index in [1.165, 1.54) is 11.1 Å². The smallest absolute Gasteiger partial charge is 0.311 e. The fourth-order valence-electron chi connectivity index (χ4n) is 3.04. The van der Waals surface area contributed by atoms with Crippen LogP contribution in [-0.2, 0) is 14.3 Å². The topological polar surface area (TPSA) is 35.5 Å². The van der Waals surface area contributed by atoms with E-state index in [2.05, 4.69) is 31.9 Å². The third kappa shape index (κ3) is 4.36. The number of carbonyl (C=O) groups excluding carboxylic acids is 1. The van der Waals surface area contributed by atoms with Gasteiger partial charge in [-0.25, -0.2) is 0 Å². The van der Waals surface area contributed by atoms with Crippen molar-refractivity contribution in [2.45, 2.75) is 40.2 Å². The Balaban J connectivity index is 1.89. The van der Waals surface area contributed by atoms with E-state index in [-0.39, 0.29) is 23.2 Å². The Morgan fingerprint density at radius 2 is 2.30 bits per heavy atom. The van der Waals surface area contributed by atoms with Gasteiger partial charge < -0.3 is 9.47 Å². The number of carbonyl (C=O) groups is 1. The SMILES string of the molecule is C#CC(C=CCC1=CCOC1)OC(=O)C1C(C=C(C)C)C1(C)C. The molecule has 0 aromatic heterocycles. The van der Waals surface area contributed by atoms with Crippen molar-refractivity contribution in [1.29, 1.82) is 0 Å². The zero-order valence-corrected chi connectivity index (χ0v) is 14.5. The van der Waals surface area contributed by atoms with Gasteiger partial charge in [-0.15, -0.1) is 6.42 Å². The molecule has 0 saturated heterocycles. The van der Waals surface area contributed by atoms with E-state index < -0.39 is 6.10 Å². The largest absolute Gasteiger partial charge is 0.445 e. The molecule has 1 fully saturated rings. The minimum absolute atomic E-state index is 0.0524. The molecule has 0 bridgehead atoms. The Hall–Kier alpha value is -1.79. The molecular weight excluding hydrogens is 288 g/mol. The highest BCUT2D eigenvalue weighted by Gasteiger charge is 2.61. The summed E-state index contributed by atoms with van der Waals surface area (Å²) in [5, 5.41) is 0. The van der Waals surface area contributed by atoms with Crippen molar-refractivity contribution >= 4 is 5.97 Å². The van der Waals surface area contributed by atoms with Gasteiger partial charge in [0, 0.05) is 0 Å². The summed E-state index contributed by atoms with van der Waals surface area (Å²) in [6.45, 7) is 9.63. The molecule has 3 atom stereocenters. The zero-order chi connectivity index (χ0) is 17.0. The third-order valence-corrected chi connectivity index (χ3v) is 4.55. The number of hydrogen-bond donors (Lipinski definition) is 0. The summed E-state index contributed by atoms with van der Waals surface area (Å²) in [6, 6.07) is 0. The van der Waals surface area contributed by atoms with Gasteiger partial charge in [0.05, 0.1) is 19.1 Å². The number of rotatable bonds is 6. The van der Waals surface area contributed by atoms with Crippen LogP contribution in [0.5, 0.6) is 0 Å². The summed E-state index contributed by atoms with van der Waals surface area (Å²) in [6.07, 6.45) is 13.6. The number of ether oxygens (including phenoxy) is 2. The van der Waals surface area contributed by atoms with Crippen molar-refractivity contribution in [3.05, 3.63) is 35.5 Å². The summed E-state index contributed by atoms with van der Waals surface area (Å²) in [5.41, 5.74) is 2.40. The van der Waals surface area contributed by atoms with Crippen LogP contribution in [0.15, 0.2) is 35.5 Å². The van der Waals surface area contributed by atoms with Crippen molar-refractivity contribution < 1.29 is 14.3 Å². The van der Waals surface area contributed by atoms with E-state index in [1.54, 1.807) is 6.08 Å². The Kier molecular flexibility index (Phi) is 5.49. The van der Waals surface area contributed by atoms with Crippen LogP contribution in [0.25, 0.3) is 0 Å². The molecule has 3 unspecified atom stereocenters. The molecule has 0 spiro atoms. The Labute approximate surface area is 139 Å². The molecular formula is C20H26O3. The highest BCUT2D eigenvalue weighted by atomic mass is 16.5. The summed E-state index contributed by atoms with van der Waals surface area (Å²) in [7, 11) is 0. The van der Waals surface area contributed by atoms with E-state index in [1.807, 2.05) is 19.9 Å². The van der Waals surface area contributed by atoms with Crippen molar-refractivity contribution in [3.63, 3.8) is 0 Å². The predicted molar refractivity (Wildman–Crippen MR) is 91.6 cm³/mol. The van der Waals surface area contributed by atoms with E-state index in [0.29, 0.717) is 13.2 Å². The van der Waals surface area contributed by atoms with Crippen LogP contribution in [0.1, 0.15) is 34.1 Å². The van der Waals surface area contributed by atoms with Crippen LogP contribution in [0.2, 0.25) is 0 Å². The van der Waals surface area contributed by atoms with Crippen LogP contribution < -0.4 is 0 Å². The summed E-state index contributed by atoms with van der Waals surface area (Å²) in [5.74, 6) is 2.46. The second kappa shape index (κ2) is 7.19. The van der Waals surface area contributed by atoms with Crippen LogP contribution in [-0.4, -0.2) is 25.3 Å². The molecule has 0 aromatic carbocycles. The van der Waals surface area contributed by atoms with Gasteiger partial charge in [-0.2, -0.15) is 0 Å². The zero-order valence-electron chi connectivity index (χ0n) is 14.5. The van der Waals surface area contributed by atoms with Gasteiger partial charge in [0.2, 0.25) is 0 Å². The molecule has 0 aromatic rings. The minimum Gasteiger partial charge on any atom is -0.445 e. The first-order valence-electron chi connectivity index (χ1n) is 8.10. The molecule has 1 aliphatic heterocycles.